The molecule has 0 fully saturated rings. The first-order valence-corrected chi connectivity index (χ1v) is 13.9. The third-order valence-electron chi connectivity index (χ3n) is 6.83. The van der Waals surface area contributed by atoms with Gasteiger partial charge in [-0.05, 0) is 70.5 Å². The second kappa shape index (κ2) is 8.68. The average Bonchev–Trinajstić information content (AvgIpc) is 3.15. The first-order valence-electron chi connectivity index (χ1n) is 12.1. The molecule has 0 unspecified atom stereocenters. The Morgan fingerprint density at radius 3 is 1.97 bits per heavy atom. The van der Waals surface area contributed by atoms with Crippen molar-refractivity contribution in [3.63, 3.8) is 0 Å². The molecule has 0 amide bonds. The third-order valence-corrected chi connectivity index (χ3v) is 8.81. The summed E-state index contributed by atoms with van der Waals surface area (Å²) in [6.45, 7) is 13.1. The molecule has 0 saturated heterocycles. The molecule has 5 rings (SSSR count). The van der Waals surface area contributed by atoms with Gasteiger partial charge in [-0.15, -0.1) is 0 Å². The Morgan fingerprint density at radius 2 is 1.39 bits per heavy atom. The van der Waals surface area contributed by atoms with Crippen LogP contribution >= 0.6 is 11.6 Å². The fourth-order valence-corrected chi connectivity index (χ4v) is 6.68. The molecule has 0 aliphatic rings. The second-order valence-corrected chi connectivity index (χ2v) is 12.8. The second-order valence-electron chi connectivity index (χ2n) is 10.6. The van der Waals surface area contributed by atoms with E-state index in [1.54, 1.807) is 88.4 Å². The molecule has 0 atom stereocenters. The largest absolute Gasteiger partial charge is 0.269 e. The van der Waals surface area contributed by atoms with E-state index >= 15 is 0 Å². The number of benzene rings is 3. The fraction of sp³-hybridized carbons (Fsp3) is 0.200. The predicted molar refractivity (Wildman–Crippen MR) is 155 cm³/mol. The van der Waals surface area contributed by atoms with Crippen LogP contribution in [0.25, 0.3) is 39.5 Å². The van der Waals surface area contributed by atoms with Crippen molar-refractivity contribution in [2.75, 3.05) is 0 Å². The van der Waals surface area contributed by atoms with E-state index in [2.05, 4.69) is 6.58 Å². The van der Waals surface area contributed by atoms with Crippen LogP contribution in [0.4, 0.5) is 0 Å². The van der Waals surface area contributed by atoms with Gasteiger partial charge in [-0.2, -0.15) is 0 Å². The molecule has 2 aromatic heterocycles. The average molecular weight is 547 g/mol. The van der Waals surface area contributed by atoms with Gasteiger partial charge >= 0.3 is 0 Å². The SMILES string of the molecule is C=c1c(=O)n(C(C)(C)C)c(=O)c2c(C)ccc3c2c1c(-c1ccc(Cl)cc1)n3S(=O)(=O)c1ccc(C)cc1. The van der Waals surface area contributed by atoms with E-state index in [4.69, 9.17) is 11.6 Å². The molecule has 0 radical (unpaired) electrons. The van der Waals surface area contributed by atoms with Crippen molar-refractivity contribution in [2.24, 2.45) is 0 Å². The van der Waals surface area contributed by atoms with E-state index in [0.29, 0.717) is 32.4 Å². The lowest BCUT2D eigenvalue weighted by atomic mass is 10.0. The maximum Gasteiger partial charge on any atom is 0.268 e. The maximum atomic E-state index is 14.3. The molecule has 6 nitrogen and oxygen atoms in total. The molecule has 38 heavy (non-hydrogen) atoms. The topological polar surface area (TPSA) is 78.1 Å². The van der Waals surface area contributed by atoms with Crippen LogP contribution in [-0.4, -0.2) is 17.0 Å². The van der Waals surface area contributed by atoms with Gasteiger partial charge in [0.25, 0.3) is 21.1 Å². The highest BCUT2D eigenvalue weighted by molar-refractivity contribution is 7.90. The number of nitrogens with zero attached hydrogens (tertiary/aromatic N) is 2. The lowest BCUT2D eigenvalue weighted by Gasteiger charge is -2.20. The van der Waals surface area contributed by atoms with Gasteiger partial charge in [0, 0.05) is 32.1 Å². The van der Waals surface area contributed by atoms with Crippen LogP contribution in [-0.2, 0) is 15.6 Å². The van der Waals surface area contributed by atoms with Gasteiger partial charge in [0.15, 0.2) is 0 Å². The van der Waals surface area contributed by atoms with E-state index in [0.717, 1.165) is 5.56 Å². The van der Waals surface area contributed by atoms with Crippen LogP contribution in [0, 0.1) is 13.8 Å². The zero-order valence-electron chi connectivity index (χ0n) is 21.8. The molecule has 0 aliphatic heterocycles. The number of hydrogen-bond acceptors (Lipinski definition) is 4. The third kappa shape index (κ3) is 3.80. The van der Waals surface area contributed by atoms with E-state index in [1.807, 2.05) is 6.92 Å². The highest BCUT2D eigenvalue weighted by Gasteiger charge is 2.30. The Hall–Kier alpha value is -3.68. The lowest BCUT2D eigenvalue weighted by molar-refractivity contribution is 0.375. The Balaban J connectivity index is 2.15. The molecule has 0 aliphatic carbocycles. The Morgan fingerprint density at radius 1 is 0.789 bits per heavy atom. The minimum absolute atomic E-state index is 0.0467. The van der Waals surface area contributed by atoms with Gasteiger partial charge in [0.2, 0.25) is 0 Å². The molecule has 2 heterocycles. The molecule has 3 aromatic carbocycles. The van der Waals surface area contributed by atoms with Gasteiger partial charge in [-0.3, -0.25) is 14.2 Å². The summed E-state index contributed by atoms with van der Waals surface area (Å²) in [5.41, 5.74) is 0.727. The quantitative estimate of drug-likeness (QED) is 0.304. The zero-order valence-corrected chi connectivity index (χ0v) is 23.4. The van der Waals surface area contributed by atoms with E-state index < -0.39 is 26.7 Å². The van der Waals surface area contributed by atoms with Gasteiger partial charge < -0.3 is 0 Å². The van der Waals surface area contributed by atoms with Crippen LogP contribution in [0.2, 0.25) is 5.02 Å². The van der Waals surface area contributed by atoms with E-state index in [-0.39, 0.29) is 21.2 Å². The van der Waals surface area contributed by atoms with Crippen LogP contribution in [0.5, 0.6) is 0 Å². The molecule has 0 saturated carbocycles. The summed E-state index contributed by atoms with van der Waals surface area (Å²) in [6, 6.07) is 16.7. The smallest absolute Gasteiger partial charge is 0.268 e. The van der Waals surface area contributed by atoms with Crippen LogP contribution in [0.1, 0.15) is 31.9 Å². The molecule has 0 N–H and O–H groups in total. The number of rotatable bonds is 3. The molecule has 8 heteroatoms. The highest BCUT2D eigenvalue weighted by Crippen LogP contribution is 2.38. The molecule has 194 valence electrons. The van der Waals surface area contributed by atoms with Gasteiger partial charge in [0.05, 0.1) is 21.5 Å². The summed E-state index contributed by atoms with van der Waals surface area (Å²) in [5.74, 6) is 0. The van der Waals surface area contributed by atoms with Crippen molar-refractivity contribution in [2.45, 2.75) is 45.1 Å². The van der Waals surface area contributed by atoms with Crippen LogP contribution in [0.3, 0.4) is 0 Å². The fourth-order valence-electron chi connectivity index (χ4n) is 5.02. The van der Waals surface area contributed by atoms with Crippen molar-refractivity contribution in [1.29, 1.82) is 0 Å². The molecular formula is C30H27ClN2O4S. The first kappa shape index (κ1) is 25.9. The van der Waals surface area contributed by atoms with Gasteiger partial charge in [0.1, 0.15) is 0 Å². The zero-order chi connectivity index (χ0) is 27.7. The van der Waals surface area contributed by atoms with Crippen LogP contribution < -0.4 is 16.3 Å². The Kier molecular flexibility index (Phi) is 5.93. The molecular weight excluding hydrogens is 520 g/mol. The molecule has 0 spiro atoms. The monoisotopic (exact) mass is 546 g/mol. The number of hydrogen-bond donors (Lipinski definition) is 0. The van der Waals surface area contributed by atoms with Gasteiger partial charge in [-0.25, -0.2) is 12.4 Å². The summed E-state index contributed by atoms with van der Waals surface area (Å²) >= 11 is 6.17. The Bertz CT molecular complexity index is 2030. The summed E-state index contributed by atoms with van der Waals surface area (Å²) in [5, 5.41) is 1.52. The molecule has 5 aromatic rings. The summed E-state index contributed by atoms with van der Waals surface area (Å²) in [7, 11) is -4.17. The number of halogens is 1. The number of aryl methyl sites for hydroxylation is 2. The first-order chi connectivity index (χ1) is 17.7. The van der Waals surface area contributed by atoms with Crippen molar-refractivity contribution in [3.05, 3.63) is 103 Å². The maximum absolute atomic E-state index is 14.3. The summed E-state index contributed by atoms with van der Waals surface area (Å²) < 4.78 is 31.0. The van der Waals surface area contributed by atoms with E-state index in [9.17, 15) is 18.0 Å². The number of aromatic nitrogens is 2. The van der Waals surface area contributed by atoms with Crippen molar-refractivity contribution < 1.29 is 8.42 Å². The van der Waals surface area contributed by atoms with Crippen molar-refractivity contribution in [3.8, 4) is 11.3 Å². The normalized spacial score (nSPS) is 12.5. The summed E-state index contributed by atoms with van der Waals surface area (Å²) in [4.78, 5) is 27.9. The predicted octanol–water partition coefficient (Wildman–Crippen LogP) is 5.37. The van der Waals surface area contributed by atoms with E-state index in [1.165, 1.54) is 8.54 Å². The standard InChI is InChI=1S/C30H27ClN2O4S/c1-17-7-14-22(15-8-17)38(36,37)33-23-16-9-18(2)24-26(23)25(27(33)20-10-12-21(31)13-11-20)19(3)28(34)32(29(24)35)30(4,5)6/h7-16H,3H2,1-2,4-6H3. The van der Waals surface area contributed by atoms with Crippen molar-refractivity contribution in [1.82, 2.24) is 8.54 Å². The van der Waals surface area contributed by atoms with Crippen molar-refractivity contribution >= 4 is 49.9 Å². The minimum Gasteiger partial charge on any atom is -0.269 e. The minimum atomic E-state index is -4.17. The molecule has 0 bridgehead atoms. The lowest BCUT2D eigenvalue weighted by Crippen LogP contribution is -2.46. The highest BCUT2D eigenvalue weighted by atomic mass is 35.5. The van der Waals surface area contributed by atoms with Crippen LogP contribution in [0.15, 0.2) is 75.1 Å². The summed E-state index contributed by atoms with van der Waals surface area (Å²) in [6.07, 6.45) is 0. The Labute approximate surface area is 225 Å². The van der Waals surface area contributed by atoms with Gasteiger partial charge in [-0.1, -0.05) is 54.1 Å².